The van der Waals surface area contributed by atoms with Crippen molar-refractivity contribution in [3.63, 3.8) is 0 Å². The third-order valence-electron chi connectivity index (χ3n) is 5.20. The largest absolute Gasteiger partial charge is 0.493 e. The molecular weight excluding hydrogens is 567 g/mol. The maximum Gasteiger partial charge on any atom is 0.264 e. The molecule has 12 heteroatoms. The number of nitrogens with zero attached hydrogens (tertiary/aromatic N) is 3. The number of nitrogens with one attached hydrogen (secondary N) is 1. The van der Waals surface area contributed by atoms with Gasteiger partial charge in [-0.15, -0.1) is 0 Å². The van der Waals surface area contributed by atoms with Crippen LogP contribution in [0.5, 0.6) is 11.5 Å². The van der Waals surface area contributed by atoms with Crippen LogP contribution in [-0.2, 0) is 14.8 Å². The van der Waals surface area contributed by atoms with E-state index in [1.807, 2.05) is 37.2 Å². The van der Waals surface area contributed by atoms with Crippen LogP contribution in [0.1, 0.15) is 5.56 Å². The van der Waals surface area contributed by atoms with E-state index in [0.717, 1.165) is 26.6 Å². The topological polar surface area (TPSA) is 101 Å². The summed E-state index contributed by atoms with van der Waals surface area (Å²) in [6.45, 7) is -0.608. The number of benzene rings is 3. The molecule has 0 saturated carbocycles. The molecule has 0 aromatic heterocycles. The number of methoxy groups -OCH3 is 2. The molecule has 0 aliphatic carbocycles. The first-order valence-electron chi connectivity index (χ1n) is 10.9. The summed E-state index contributed by atoms with van der Waals surface area (Å²) in [5.74, 6) is -0.712. The second-order valence-electron chi connectivity index (χ2n) is 7.90. The van der Waals surface area contributed by atoms with Crippen molar-refractivity contribution in [3.8, 4) is 11.5 Å². The molecule has 0 atom stereocenters. The molecule has 0 spiro atoms. The first-order chi connectivity index (χ1) is 17.6. The molecule has 0 aliphatic heterocycles. The first kappa shape index (κ1) is 27.9. The van der Waals surface area contributed by atoms with E-state index >= 15 is 0 Å². The van der Waals surface area contributed by atoms with Crippen LogP contribution < -0.4 is 24.1 Å². The van der Waals surface area contributed by atoms with Crippen molar-refractivity contribution in [1.82, 2.24) is 5.43 Å². The summed E-state index contributed by atoms with van der Waals surface area (Å²) < 4.78 is 52.7. The van der Waals surface area contributed by atoms with Gasteiger partial charge in [-0.25, -0.2) is 18.2 Å². The van der Waals surface area contributed by atoms with Crippen molar-refractivity contribution >= 4 is 49.4 Å². The van der Waals surface area contributed by atoms with Crippen LogP contribution in [0.3, 0.4) is 0 Å². The van der Waals surface area contributed by atoms with Gasteiger partial charge < -0.3 is 14.4 Å². The van der Waals surface area contributed by atoms with Gasteiger partial charge in [0.15, 0.2) is 11.5 Å². The highest BCUT2D eigenvalue weighted by Gasteiger charge is 2.28. The second kappa shape index (κ2) is 12.1. The van der Waals surface area contributed by atoms with Gasteiger partial charge in [-0.05, 0) is 70.0 Å². The SMILES string of the molecule is COc1ccc(S(=O)(=O)N(CC(=O)N/N=C\c2ccc(N(C)C)c(Br)c2)c2ccc(F)cc2)cc1OC. The maximum atomic E-state index is 13.5. The molecule has 0 bridgehead atoms. The zero-order valence-corrected chi connectivity index (χ0v) is 23.0. The van der Waals surface area contributed by atoms with E-state index in [1.54, 1.807) is 0 Å². The minimum atomic E-state index is -4.26. The van der Waals surface area contributed by atoms with Crippen molar-refractivity contribution < 1.29 is 27.1 Å². The number of halogens is 2. The number of carbonyl (C=O) groups excluding carboxylic acids is 1. The summed E-state index contributed by atoms with van der Waals surface area (Å²) in [7, 11) is 2.37. The predicted octanol–water partition coefficient (Wildman–Crippen LogP) is 4.02. The van der Waals surface area contributed by atoms with Crippen LogP contribution in [0.25, 0.3) is 0 Å². The molecule has 3 aromatic carbocycles. The van der Waals surface area contributed by atoms with Gasteiger partial charge in [-0.3, -0.25) is 9.10 Å². The molecule has 0 unspecified atom stereocenters. The average molecular weight is 593 g/mol. The molecule has 0 fully saturated rings. The summed E-state index contributed by atoms with van der Waals surface area (Å²) in [4.78, 5) is 14.5. The van der Waals surface area contributed by atoms with E-state index in [0.29, 0.717) is 11.3 Å². The molecule has 0 aliphatic rings. The fourth-order valence-electron chi connectivity index (χ4n) is 3.34. The molecule has 3 aromatic rings. The number of hydrogen-bond donors (Lipinski definition) is 1. The minimum absolute atomic E-state index is 0.0959. The fraction of sp³-hybridized carbons (Fsp3) is 0.200. The summed E-state index contributed by atoms with van der Waals surface area (Å²) in [5.41, 5.74) is 4.12. The van der Waals surface area contributed by atoms with Crippen molar-refractivity contribution in [3.05, 3.63) is 76.5 Å². The number of hydrogen-bond acceptors (Lipinski definition) is 7. The van der Waals surface area contributed by atoms with E-state index in [-0.39, 0.29) is 16.3 Å². The summed E-state index contributed by atoms with van der Waals surface area (Å²) in [6, 6.07) is 14.4. The van der Waals surface area contributed by atoms with Crippen LogP contribution in [0.4, 0.5) is 15.8 Å². The smallest absolute Gasteiger partial charge is 0.264 e. The Hall–Kier alpha value is -3.64. The van der Waals surface area contributed by atoms with Crippen LogP contribution in [0.15, 0.2) is 75.1 Å². The molecule has 196 valence electrons. The second-order valence-corrected chi connectivity index (χ2v) is 10.6. The molecule has 37 heavy (non-hydrogen) atoms. The normalized spacial score (nSPS) is 11.3. The molecule has 9 nitrogen and oxygen atoms in total. The Bertz CT molecular complexity index is 1400. The standard InChI is InChI=1S/C25H26BrFN4O5S/c1-30(2)22-11-5-17(13-21(22)26)15-28-29-25(32)16-31(19-8-6-18(27)7-9-19)37(33,34)20-10-12-23(35-3)24(14-20)36-4/h5-15H,16H2,1-4H3,(H,29,32)/b28-15-. The van der Waals surface area contributed by atoms with Crippen LogP contribution in [0.2, 0.25) is 0 Å². The third kappa shape index (κ3) is 6.77. The first-order valence-corrected chi connectivity index (χ1v) is 13.1. The van der Waals surface area contributed by atoms with Gasteiger partial charge in [0.25, 0.3) is 15.9 Å². The van der Waals surface area contributed by atoms with E-state index in [9.17, 15) is 17.6 Å². The van der Waals surface area contributed by atoms with Gasteiger partial charge in [0.2, 0.25) is 0 Å². The third-order valence-corrected chi connectivity index (χ3v) is 7.61. The Morgan fingerprint density at radius 3 is 2.30 bits per heavy atom. The fourth-order valence-corrected chi connectivity index (χ4v) is 5.53. The summed E-state index contributed by atoms with van der Waals surface area (Å²) in [6.07, 6.45) is 1.44. The molecule has 0 saturated heterocycles. The lowest BCUT2D eigenvalue weighted by atomic mass is 10.2. The lowest BCUT2D eigenvalue weighted by Gasteiger charge is -2.24. The highest BCUT2D eigenvalue weighted by Crippen LogP contribution is 2.32. The van der Waals surface area contributed by atoms with Gasteiger partial charge in [0, 0.05) is 24.6 Å². The number of hydrazone groups is 1. The zero-order valence-electron chi connectivity index (χ0n) is 20.6. The summed E-state index contributed by atoms with van der Waals surface area (Å²) in [5, 5.41) is 3.95. The number of sulfonamides is 1. The van der Waals surface area contributed by atoms with Crippen molar-refractivity contribution in [2.75, 3.05) is 44.1 Å². The van der Waals surface area contributed by atoms with E-state index in [1.165, 1.54) is 50.8 Å². The number of anilines is 2. The van der Waals surface area contributed by atoms with Crippen molar-refractivity contribution in [2.45, 2.75) is 4.90 Å². The zero-order chi connectivity index (χ0) is 27.2. The van der Waals surface area contributed by atoms with Crippen molar-refractivity contribution in [1.29, 1.82) is 0 Å². The number of carbonyl (C=O) groups is 1. The van der Waals surface area contributed by atoms with Crippen LogP contribution >= 0.6 is 15.9 Å². The lowest BCUT2D eigenvalue weighted by molar-refractivity contribution is -0.119. The molecular formula is C25H26BrFN4O5S. The van der Waals surface area contributed by atoms with Crippen LogP contribution in [-0.4, -0.2) is 55.4 Å². The molecule has 0 heterocycles. The van der Waals surface area contributed by atoms with Crippen molar-refractivity contribution in [2.24, 2.45) is 5.10 Å². The van der Waals surface area contributed by atoms with Gasteiger partial charge in [0.05, 0.1) is 36.7 Å². The van der Waals surface area contributed by atoms with E-state index < -0.39 is 28.3 Å². The van der Waals surface area contributed by atoms with Gasteiger partial charge >= 0.3 is 0 Å². The number of rotatable bonds is 10. The van der Waals surface area contributed by atoms with Crippen LogP contribution in [0, 0.1) is 5.82 Å². The van der Waals surface area contributed by atoms with Gasteiger partial charge in [-0.2, -0.15) is 5.10 Å². The number of amides is 1. The Morgan fingerprint density at radius 2 is 1.70 bits per heavy atom. The predicted molar refractivity (Wildman–Crippen MR) is 145 cm³/mol. The molecule has 3 rings (SSSR count). The van der Waals surface area contributed by atoms with Gasteiger partial charge in [0.1, 0.15) is 12.4 Å². The van der Waals surface area contributed by atoms with E-state index in [4.69, 9.17) is 9.47 Å². The summed E-state index contributed by atoms with van der Waals surface area (Å²) >= 11 is 3.49. The monoisotopic (exact) mass is 592 g/mol. The highest BCUT2D eigenvalue weighted by atomic mass is 79.9. The lowest BCUT2D eigenvalue weighted by Crippen LogP contribution is -2.39. The number of ether oxygens (including phenoxy) is 2. The Morgan fingerprint density at radius 1 is 1.03 bits per heavy atom. The Kier molecular flexibility index (Phi) is 9.11. The Labute approximate surface area is 223 Å². The Balaban J connectivity index is 1.86. The molecule has 1 N–H and O–H groups in total. The molecule has 1 amide bonds. The molecule has 0 radical (unpaired) electrons. The highest BCUT2D eigenvalue weighted by molar-refractivity contribution is 9.10. The van der Waals surface area contributed by atoms with E-state index in [2.05, 4.69) is 26.5 Å². The maximum absolute atomic E-state index is 13.5. The van der Waals surface area contributed by atoms with Gasteiger partial charge in [-0.1, -0.05) is 6.07 Å². The average Bonchev–Trinajstić information content (AvgIpc) is 2.87. The minimum Gasteiger partial charge on any atom is -0.493 e. The quantitative estimate of drug-likeness (QED) is 0.282.